The molecular weight excluding hydrogens is 132 g/mol. The maximum absolute atomic E-state index is 4.02. The van der Waals surface area contributed by atoms with E-state index in [0.29, 0.717) is 5.41 Å². The normalized spacial score (nSPS) is 10.0. The Balaban J connectivity index is 0. The van der Waals surface area contributed by atoms with Crippen LogP contribution in [0.2, 0.25) is 0 Å². The van der Waals surface area contributed by atoms with Crippen molar-refractivity contribution in [3.8, 4) is 0 Å². The highest BCUT2D eigenvalue weighted by atomic mass is 14.2. The molecule has 0 aromatic rings. The summed E-state index contributed by atoms with van der Waals surface area (Å²) in [4.78, 5) is 0. The van der Waals surface area contributed by atoms with Crippen molar-refractivity contribution < 1.29 is 0 Å². The Bertz CT molecular complexity index is 98.6. The van der Waals surface area contributed by atoms with Crippen molar-refractivity contribution in [1.29, 1.82) is 0 Å². The van der Waals surface area contributed by atoms with Gasteiger partial charge in [0.05, 0.1) is 0 Å². The fourth-order valence-electron chi connectivity index (χ4n) is 0.729. The molecule has 0 heterocycles. The van der Waals surface area contributed by atoms with Crippen LogP contribution in [-0.2, 0) is 0 Å². The number of allylic oxidation sites excluding steroid dienone is 1. The summed E-state index contributed by atoms with van der Waals surface area (Å²) in [5, 5.41) is 0. The summed E-state index contributed by atoms with van der Waals surface area (Å²) in [5.74, 6) is 0. The lowest BCUT2D eigenvalue weighted by Crippen LogP contribution is -2.11. The molecule has 0 bridgehead atoms. The average molecular weight is 156 g/mol. The fourth-order valence-corrected chi connectivity index (χ4v) is 0.729. The minimum atomic E-state index is 0.356. The summed E-state index contributed by atoms with van der Waals surface area (Å²) >= 11 is 0. The van der Waals surface area contributed by atoms with Gasteiger partial charge in [0.15, 0.2) is 0 Å². The van der Waals surface area contributed by atoms with Gasteiger partial charge in [0.25, 0.3) is 0 Å². The second kappa shape index (κ2) is 6.45. The lowest BCUT2D eigenvalue weighted by Gasteiger charge is -2.24. The van der Waals surface area contributed by atoms with Gasteiger partial charge in [-0.1, -0.05) is 53.7 Å². The van der Waals surface area contributed by atoms with Gasteiger partial charge in [0.2, 0.25) is 0 Å². The average Bonchev–Trinajstić information content (AvgIpc) is 2.06. The Morgan fingerprint density at radius 1 is 1.18 bits per heavy atom. The molecule has 0 aromatic heterocycles. The van der Waals surface area contributed by atoms with Gasteiger partial charge in [0.1, 0.15) is 0 Å². The summed E-state index contributed by atoms with van der Waals surface area (Å²) in [7, 11) is 0. The number of hydrogen-bond donors (Lipinski definition) is 0. The summed E-state index contributed by atoms with van der Waals surface area (Å²) in [5.41, 5.74) is 1.72. The molecule has 0 nitrogen and oxygen atoms in total. The smallest absolute Gasteiger partial charge is 0.0150 e. The van der Waals surface area contributed by atoms with Crippen LogP contribution in [0.3, 0.4) is 0 Å². The molecule has 0 aliphatic heterocycles. The van der Waals surface area contributed by atoms with E-state index in [1.165, 1.54) is 12.0 Å². The zero-order valence-electron chi connectivity index (χ0n) is 9.12. The summed E-state index contributed by atoms with van der Waals surface area (Å²) < 4.78 is 0. The van der Waals surface area contributed by atoms with Gasteiger partial charge in [-0.25, -0.2) is 0 Å². The van der Waals surface area contributed by atoms with Crippen molar-refractivity contribution in [2.45, 2.75) is 54.4 Å². The lowest BCUT2D eigenvalue weighted by molar-refractivity contribution is 0.419. The van der Waals surface area contributed by atoms with E-state index in [1.54, 1.807) is 0 Å². The minimum absolute atomic E-state index is 0.356. The number of rotatable bonds is 3. The molecule has 0 rings (SSSR count). The van der Waals surface area contributed by atoms with Crippen LogP contribution < -0.4 is 0 Å². The fraction of sp³-hybridized carbons (Fsp3) is 0.818. The minimum Gasteiger partial charge on any atom is -0.0993 e. The van der Waals surface area contributed by atoms with Crippen LogP contribution in [0, 0.1) is 5.41 Å². The Morgan fingerprint density at radius 2 is 1.55 bits per heavy atom. The van der Waals surface area contributed by atoms with E-state index in [-0.39, 0.29) is 0 Å². The third-order valence-electron chi connectivity index (χ3n) is 2.27. The molecule has 0 aliphatic carbocycles. The second-order valence-corrected chi connectivity index (χ2v) is 3.19. The first-order valence-electron chi connectivity index (χ1n) is 4.72. The van der Waals surface area contributed by atoms with Gasteiger partial charge in [0, 0.05) is 0 Å². The molecule has 0 unspecified atom stereocenters. The highest BCUT2D eigenvalue weighted by Gasteiger charge is 2.16. The SMILES string of the molecule is C=C(CC)C(C)(C)CC.CC. The van der Waals surface area contributed by atoms with Crippen LogP contribution in [0.25, 0.3) is 0 Å². The van der Waals surface area contributed by atoms with E-state index >= 15 is 0 Å². The van der Waals surface area contributed by atoms with Crippen LogP contribution >= 0.6 is 0 Å². The maximum Gasteiger partial charge on any atom is -0.0150 e. The van der Waals surface area contributed by atoms with E-state index in [2.05, 4.69) is 34.3 Å². The van der Waals surface area contributed by atoms with Gasteiger partial charge in [-0.05, 0) is 18.3 Å². The lowest BCUT2D eigenvalue weighted by atomic mass is 9.81. The molecule has 0 spiro atoms. The Kier molecular flexibility index (Phi) is 7.82. The molecule has 0 atom stereocenters. The zero-order valence-corrected chi connectivity index (χ0v) is 9.12. The summed E-state index contributed by atoms with van der Waals surface area (Å²) in [6.07, 6.45) is 2.31. The Labute approximate surface area is 72.7 Å². The van der Waals surface area contributed by atoms with Crippen molar-refractivity contribution in [2.24, 2.45) is 5.41 Å². The third kappa shape index (κ3) is 5.06. The Morgan fingerprint density at radius 3 is 1.64 bits per heavy atom. The Hall–Kier alpha value is -0.260. The molecule has 0 N–H and O–H groups in total. The molecule has 0 fully saturated rings. The van der Waals surface area contributed by atoms with Crippen LogP contribution in [0.15, 0.2) is 12.2 Å². The van der Waals surface area contributed by atoms with Crippen molar-refractivity contribution >= 4 is 0 Å². The molecule has 0 saturated heterocycles. The quantitative estimate of drug-likeness (QED) is 0.531. The number of hydrogen-bond acceptors (Lipinski definition) is 0. The van der Waals surface area contributed by atoms with Crippen molar-refractivity contribution in [3.05, 3.63) is 12.2 Å². The second-order valence-electron chi connectivity index (χ2n) is 3.19. The van der Waals surface area contributed by atoms with E-state index < -0.39 is 0 Å². The van der Waals surface area contributed by atoms with Gasteiger partial charge >= 0.3 is 0 Å². The summed E-state index contributed by atoms with van der Waals surface area (Å²) in [6.45, 7) is 16.9. The maximum atomic E-state index is 4.02. The summed E-state index contributed by atoms with van der Waals surface area (Å²) in [6, 6.07) is 0. The van der Waals surface area contributed by atoms with Crippen molar-refractivity contribution in [1.82, 2.24) is 0 Å². The molecule has 0 aliphatic rings. The molecule has 0 amide bonds. The van der Waals surface area contributed by atoms with Crippen LogP contribution in [-0.4, -0.2) is 0 Å². The third-order valence-corrected chi connectivity index (χ3v) is 2.27. The largest absolute Gasteiger partial charge is 0.0993 e. The van der Waals surface area contributed by atoms with Crippen molar-refractivity contribution in [3.63, 3.8) is 0 Å². The van der Waals surface area contributed by atoms with Crippen LogP contribution in [0.5, 0.6) is 0 Å². The predicted octanol–water partition coefficient (Wildman–Crippen LogP) is 4.42. The van der Waals surface area contributed by atoms with Crippen LogP contribution in [0.1, 0.15) is 54.4 Å². The molecule has 0 heteroatoms. The van der Waals surface area contributed by atoms with Gasteiger partial charge in [-0.15, -0.1) is 0 Å². The van der Waals surface area contributed by atoms with E-state index in [1.807, 2.05) is 13.8 Å². The molecular formula is C11H24. The molecule has 68 valence electrons. The van der Waals surface area contributed by atoms with E-state index in [4.69, 9.17) is 0 Å². The first-order chi connectivity index (χ1) is 5.04. The topological polar surface area (TPSA) is 0 Å². The van der Waals surface area contributed by atoms with Gasteiger partial charge in [-0.2, -0.15) is 0 Å². The zero-order chi connectivity index (χ0) is 9.49. The standard InChI is InChI=1S/C9H18.C2H6/c1-6-8(3)9(4,5)7-2;1-2/h3,6-7H2,1-2,4-5H3;1-2H3. The van der Waals surface area contributed by atoms with E-state index in [0.717, 1.165) is 6.42 Å². The van der Waals surface area contributed by atoms with Crippen molar-refractivity contribution in [2.75, 3.05) is 0 Å². The first-order valence-corrected chi connectivity index (χ1v) is 4.72. The molecule has 0 radical (unpaired) electrons. The van der Waals surface area contributed by atoms with Gasteiger partial charge in [-0.3, -0.25) is 0 Å². The first kappa shape index (κ1) is 13.3. The highest BCUT2D eigenvalue weighted by molar-refractivity contribution is 5.05. The van der Waals surface area contributed by atoms with E-state index in [9.17, 15) is 0 Å². The molecule has 0 saturated carbocycles. The van der Waals surface area contributed by atoms with Crippen LogP contribution in [0.4, 0.5) is 0 Å². The highest BCUT2D eigenvalue weighted by Crippen LogP contribution is 2.30. The van der Waals surface area contributed by atoms with Gasteiger partial charge < -0.3 is 0 Å². The molecule has 11 heavy (non-hydrogen) atoms. The monoisotopic (exact) mass is 156 g/mol. The molecule has 0 aromatic carbocycles. The predicted molar refractivity (Wildman–Crippen MR) is 54.9 cm³/mol.